The minimum atomic E-state index is -0.197. The van der Waals surface area contributed by atoms with E-state index >= 15 is 0 Å². The number of nitrogens with zero attached hydrogens (tertiary/aromatic N) is 3. The molecule has 36 heavy (non-hydrogen) atoms. The fourth-order valence-electron chi connectivity index (χ4n) is 5.20. The van der Waals surface area contributed by atoms with E-state index in [0.717, 1.165) is 30.5 Å². The quantitative estimate of drug-likeness (QED) is 0.364. The number of carbonyl (C=O) groups is 1. The van der Waals surface area contributed by atoms with Crippen molar-refractivity contribution in [2.75, 3.05) is 0 Å². The Morgan fingerprint density at radius 3 is 2.33 bits per heavy atom. The van der Waals surface area contributed by atoms with Gasteiger partial charge < -0.3 is 0 Å². The van der Waals surface area contributed by atoms with Crippen molar-refractivity contribution in [2.45, 2.75) is 32.2 Å². The van der Waals surface area contributed by atoms with Gasteiger partial charge in [0, 0.05) is 5.92 Å². The summed E-state index contributed by atoms with van der Waals surface area (Å²) in [6.45, 7) is 2.06. The maximum atomic E-state index is 12.9. The lowest BCUT2D eigenvalue weighted by Crippen LogP contribution is -2.30. The molecule has 0 N–H and O–H groups in total. The second-order valence-corrected chi connectivity index (χ2v) is 10.5. The average Bonchev–Trinajstić information content (AvgIpc) is 3.47. The molecule has 2 atom stereocenters. The molecule has 3 aromatic rings. The van der Waals surface area contributed by atoms with Gasteiger partial charge in [-0.05, 0) is 72.4 Å². The maximum absolute atomic E-state index is 12.9. The predicted molar refractivity (Wildman–Crippen MR) is 149 cm³/mol. The van der Waals surface area contributed by atoms with E-state index in [-0.39, 0.29) is 17.9 Å². The zero-order chi connectivity index (χ0) is 24.5. The number of rotatable bonds is 3. The zero-order valence-electron chi connectivity index (χ0n) is 20.2. The van der Waals surface area contributed by atoms with Crippen LogP contribution in [0.25, 0.3) is 12.2 Å². The number of benzene rings is 3. The molecule has 178 valence electrons. The second kappa shape index (κ2) is 9.75. The smallest absolute Gasteiger partial charge is 0.266 e. The molecule has 1 fully saturated rings. The van der Waals surface area contributed by atoms with Gasteiger partial charge in [0.1, 0.15) is 0 Å². The highest BCUT2D eigenvalue weighted by atomic mass is 32.2. The van der Waals surface area contributed by atoms with Crippen molar-refractivity contribution in [3.05, 3.63) is 118 Å². The molecule has 0 spiro atoms. The molecule has 0 bridgehead atoms. The van der Waals surface area contributed by atoms with E-state index in [9.17, 15) is 4.79 Å². The largest absolute Gasteiger partial charge is 0.286 e. The highest BCUT2D eigenvalue weighted by Gasteiger charge is 2.44. The van der Waals surface area contributed by atoms with E-state index in [2.05, 4.69) is 78.7 Å². The molecule has 0 aromatic heterocycles. The molecule has 1 saturated carbocycles. The number of amides is 1. The van der Waals surface area contributed by atoms with Crippen LogP contribution in [0.5, 0.6) is 0 Å². The first-order valence-electron chi connectivity index (χ1n) is 12.4. The third kappa shape index (κ3) is 4.47. The Kier molecular flexibility index (Phi) is 6.16. The first kappa shape index (κ1) is 22.7. The van der Waals surface area contributed by atoms with Crippen molar-refractivity contribution in [1.29, 1.82) is 0 Å². The molecular weight excluding hydrogens is 462 g/mol. The van der Waals surface area contributed by atoms with E-state index in [1.165, 1.54) is 34.0 Å². The van der Waals surface area contributed by atoms with Crippen LogP contribution in [0.1, 0.15) is 47.6 Å². The Morgan fingerprint density at radius 2 is 1.58 bits per heavy atom. The van der Waals surface area contributed by atoms with Crippen LogP contribution in [-0.2, 0) is 4.79 Å². The first-order valence-corrected chi connectivity index (χ1v) is 13.3. The normalized spacial score (nSPS) is 23.7. The fraction of sp³-hybridized carbons (Fsp3) is 0.194. The van der Waals surface area contributed by atoms with Crippen LogP contribution in [0.4, 0.5) is 0 Å². The Bertz CT molecular complexity index is 1410. The molecule has 0 radical (unpaired) electrons. The summed E-state index contributed by atoms with van der Waals surface area (Å²) in [5.74, 6) is 0.0668. The van der Waals surface area contributed by atoms with Crippen LogP contribution in [0, 0.1) is 12.8 Å². The number of hydrogen-bond donors (Lipinski definition) is 0. The minimum absolute atomic E-state index is 0.0263. The number of allylic oxidation sites excluding steroid dienone is 1. The van der Waals surface area contributed by atoms with Gasteiger partial charge in [-0.25, -0.2) is 5.01 Å². The molecule has 1 amide bonds. The molecule has 2 unspecified atom stereocenters. The Balaban J connectivity index is 1.37. The van der Waals surface area contributed by atoms with Crippen LogP contribution in [0.3, 0.4) is 0 Å². The van der Waals surface area contributed by atoms with E-state index in [0.29, 0.717) is 10.1 Å². The van der Waals surface area contributed by atoms with Crippen LogP contribution >= 0.6 is 11.8 Å². The summed E-state index contributed by atoms with van der Waals surface area (Å²) in [6, 6.07) is 29.2. The Hall–Kier alpha value is -3.70. The average molecular weight is 490 g/mol. The Morgan fingerprint density at radius 1 is 0.889 bits per heavy atom. The van der Waals surface area contributed by atoms with Crippen LogP contribution in [0.2, 0.25) is 0 Å². The lowest BCUT2D eigenvalue weighted by atomic mass is 9.77. The van der Waals surface area contributed by atoms with Crippen molar-refractivity contribution >= 4 is 40.7 Å². The zero-order valence-corrected chi connectivity index (χ0v) is 21.0. The number of fused-ring (bicyclic) bond motifs is 1. The van der Waals surface area contributed by atoms with Gasteiger partial charge in [0.25, 0.3) is 5.91 Å². The van der Waals surface area contributed by atoms with Gasteiger partial charge in [0.2, 0.25) is 0 Å². The predicted octanol–water partition coefficient (Wildman–Crippen LogP) is 7.26. The van der Waals surface area contributed by atoms with Crippen molar-refractivity contribution in [3.8, 4) is 0 Å². The molecule has 5 heteroatoms. The standard InChI is InChI=1S/C31H27N3OS/c1-21-15-17-23(18-16-21)20-27-30(35)32-31(36-27)34-29(24-11-6-3-7-12-24)26-14-8-13-25(28(26)33-34)19-22-9-4-2-5-10-22/h2-7,9-12,15-20,26,29H,8,13-14H2,1H3. The number of amidine groups is 1. The van der Waals surface area contributed by atoms with Crippen molar-refractivity contribution < 1.29 is 4.79 Å². The van der Waals surface area contributed by atoms with E-state index in [4.69, 9.17) is 5.10 Å². The molecule has 4 nitrogen and oxygen atoms in total. The lowest BCUT2D eigenvalue weighted by molar-refractivity contribution is -0.113. The van der Waals surface area contributed by atoms with Gasteiger partial charge in [-0.1, -0.05) is 90.5 Å². The van der Waals surface area contributed by atoms with Crippen LogP contribution in [-0.4, -0.2) is 21.8 Å². The van der Waals surface area contributed by atoms with E-state index in [1.54, 1.807) is 0 Å². The van der Waals surface area contributed by atoms with Gasteiger partial charge in [0.15, 0.2) is 5.17 Å². The summed E-state index contributed by atoms with van der Waals surface area (Å²) < 4.78 is 0. The SMILES string of the molecule is Cc1ccc(C=C2SC(N3N=C4C(=Cc5ccccc5)CCCC4C3c3ccccc3)=NC2=O)cc1. The number of carbonyl (C=O) groups excluding carboxylic acids is 1. The highest BCUT2D eigenvalue weighted by Crippen LogP contribution is 2.47. The van der Waals surface area contributed by atoms with Gasteiger partial charge in [-0.15, -0.1) is 0 Å². The van der Waals surface area contributed by atoms with Gasteiger partial charge >= 0.3 is 0 Å². The lowest BCUT2D eigenvalue weighted by Gasteiger charge is -2.30. The third-order valence-electron chi connectivity index (χ3n) is 6.96. The van der Waals surface area contributed by atoms with E-state index in [1.807, 2.05) is 35.4 Å². The highest BCUT2D eigenvalue weighted by molar-refractivity contribution is 8.18. The summed E-state index contributed by atoms with van der Waals surface area (Å²) in [5, 5.41) is 7.84. The molecule has 3 aliphatic rings. The number of aliphatic imine (C=N–C) groups is 1. The van der Waals surface area contributed by atoms with Crippen molar-refractivity contribution in [2.24, 2.45) is 16.0 Å². The second-order valence-electron chi connectivity index (χ2n) is 9.49. The number of hydrogen-bond acceptors (Lipinski definition) is 4. The summed E-state index contributed by atoms with van der Waals surface area (Å²) in [6.07, 6.45) is 7.40. The summed E-state index contributed by atoms with van der Waals surface area (Å²) >= 11 is 1.43. The number of hydrazone groups is 1. The summed E-state index contributed by atoms with van der Waals surface area (Å²) in [4.78, 5) is 18.0. The maximum Gasteiger partial charge on any atom is 0.286 e. The van der Waals surface area contributed by atoms with Gasteiger partial charge in [-0.2, -0.15) is 10.1 Å². The van der Waals surface area contributed by atoms with Crippen LogP contribution in [0.15, 0.2) is 106 Å². The third-order valence-corrected chi connectivity index (χ3v) is 7.94. The Labute approximate surface area is 216 Å². The molecule has 3 aromatic carbocycles. The topological polar surface area (TPSA) is 45.0 Å². The van der Waals surface area contributed by atoms with Gasteiger partial charge in [-0.3, -0.25) is 4.79 Å². The number of thioether (sulfide) groups is 1. The molecule has 2 aliphatic heterocycles. The van der Waals surface area contributed by atoms with Crippen molar-refractivity contribution in [3.63, 3.8) is 0 Å². The first-order chi connectivity index (χ1) is 17.7. The molecule has 1 aliphatic carbocycles. The summed E-state index contributed by atoms with van der Waals surface area (Å²) in [7, 11) is 0. The molecular formula is C31H27N3OS. The fourth-order valence-corrected chi connectivity index (χ4v) is 6.10. The molecule has 2 heterocycles. The molecule has 0 saturated heterocycles. The molecule has 6 rings (SSSR count). The monoisotopic (exact) mass is 489 g/mol. The summed E-state index contributed by atoms with van der Waals surface area (Å²) in [5.41, 5.74) is 7.00. The van der Waals surface area contributed by atoms with Crippen LogP contribution < -0.4 is 0 Å². The minimum Gasteiger partial charge on any atom is -0.266 e. The van der Waals surface area contributed by atoms with E-state index < -0.39 is 0 Å². The van der Waals surface area contributed by atoms with Crippen molar-refractivity contribution in [1.82, 2.24) is 5.01 Å². The van der Waals surface area contributed by atoms with Gasteiger partial charge in [0.05, 0.1) is 16.7 Å². The number of aryl methyl sites for hydroxylation is 1.